The number of aromatic amines is 1. The van der Waals surface area contributed by atoms with Crippen LogP contribution in [0.2, 0.25) is 0 Å². The average Bonchev–Trinajstić information content (AvgIpc) is 3.33. The summed E-state index contributed by atoms with van der Waals surface area (Å²) in [5.41, 5.74) is 8.51. The van der Waals surface area contributed by atoms with Gasteiger partial charge in [0.05, 0.1) is 29.2 Å². The van der Waals surface area contributed by atoms with Crippen molar-refractivity contribution in [2.45, 2.75) is 31.7 Å². The molecule has 1 aliphatic rings. The van der Waals surface area contributed by atoms with Crippen LogP contribution >= 0.6 is 0 Å². The zero-order chi connectivity index (χ0) is 18.3. The smallest absolute Gasteiger partial charge is 0.225 e. The maximum absolute atomic E-state index is 13.8. The second-order valence-corrected chi connectivity index (χ2v) is 6.36. The van der Waals surface area contributed by atoms with Crippen LogP contribution in [0.5, 0.6) is 0 Å². The summed E-state index contributed by atoms with van der Waals surface area (Å²) in [6.45, 7) is 1.67. The van der Waals surface area contributed by atoms with Crippen LogP contribution in [-0.2, 0) is 0 Å². The second kappa shape index (κ2) is 6.32. The van der Waals surface area contributed by atoms with Gasteiger partial charge >= 0.3 is 0 Å². The minimum absolute atomic E-state index is 0.0685. The van der Waals surface area contributed by atoms with Crippen LogP contribution in [-0.4, -0.2) is 25.1 Å². The molecule has 0 bridgehead atoms. The third-order valence-electron chi connectivity index (χ3n) is 4.30. The molecule has 26 heavy (non-hydrogen) atoms. The van der Waals surface area contributed by atoms with Crippen LogP contribution in [0.25, 0.3) is 11.3 Å². The van der Waals surface area contributed by atoms with E-state index >= 15 is 0 Å². The topological polar surface area (TPSA) is 105 Å². The van der Waals surface area contributed by atoms with E-state index in [1.807, 2.05) is 6.07 Å². The van der Waals surface area contributed by atoms with E-state index < -0.39 is 17.7 Å². The van der Waals surface area contributed by atoms with Crippen molar-refractivity contribution in [2.24, 2.45) is 0 Å². The molecule has 3 heterocycles. The summed E-state index contributed by atoms with van der Waals surface area (Å²) in [5.74, 6) is -0.428. The molecule has 134 valence electrons. The Morgan fingerprint density at radius 3 is 2.73 bits per heavy atom. The van der Waals surface area contributed by atoms with Gasteiger partial charge in [0.25, 0.3) is 0 Å². The summed E-state index contributed by atoms with van der Waals surface area (Å²) in [6, 6.07) is 2.18. The standard InChI is InChI=1S/C17H17F2N7/c1-8(15-12(19)4-10(18)6-21-15)23-17-22-7-11(16(20)24-17)14-5-13(25-26-14)9-2-3-9/h4-9H,2-3H2,1H3,(H,25,26)(H3,20,22,23,24). The highest BCUT2D eigenvalue weighted by molar-refractivity contribution is 5.71. The molecule has 4 N–H and O–H groups in total. The lowest BCUT2D eigenvalue weighted by atomic mass is 10.2. The fourth-order valence-corrected chi connectivity index (χ4v) is 2.75. The molecule has 1 unspecified atom stereocenters. The quantitative estimate of drug-likeness (QED) is 0.648. The molecule has 0 saturated heterocycles. The number of hydrogen-bond donors (Lipinski definition) is 3. The summed E-state index contributed by atoms with van der Waals surface area (Å²) in [7, 11) is 0. The van der Waals surface area contributed by atoms with Gasteiger partial charge < -0.3 is 11.1 Å². The number of H-pyrrole nitrogens is 1. The van der Waals surface area contributed by atoms with Crippen LogP contribution in [0.3, 0.4) is 0 Å². The molecule has 0 amide bonds. The first-order chi connectivity index (χ1) is 12.5. The van der Waals surface area contributed by atoms with Gasteiger partial charge in [0.1, 0.15) is 17.5 Å². The van der Waals surface area contributed by atoms with Crippen molar-refractivity contribution in [1.29, 1.82) is 0 Å². The third kappa shape index (κ3) is 3.19. The zero-order valence-electron chi connectivity index (χ0n) is 14.0. The van der Waals surface area contributed by atoms with Crippen molar-refractivity contribution < 1.29 is 8.78 Å². The van der Waals surface area contributed by atoms with Crippen LogP contribution < -0.4 is 11.1 Å². The minimum atomic E-state index is -0.737. The molecule has 1 atom stereocenters. The van der Waals surface area contributed by atoms with E-state index in [1.54, 1.807) is 13.1 Å². The lowest BCUT2D eigenvalue weighted by molar-refractivity contribution is 0.550. The van der Waals surface area contributed by atoms with Crippen LogP contribution in [0, 0.1) is 11.6 Å². The lowest BCUT2D eigenvalue weighted by Crippen LogP contribution is -2.13. The Bertz CT molecular complexity index is 952. The monoisotopic (exact) mass is 357 g/mol. The Balaban J connectivity index is 1.53. The Morgan fingerprint density at radius 2 is 2.04 bits per heavy atom. The number of pyridine rings is 1. The third-order valence-corrected chi connectivity index (χ3v) is 4.30. The van der Waals surface area contributed by atoms with Crippen LogP contribution in [0.1, 0.15) is 43.1 Å². The van der Waals surface area contributed by atoms with Crippen molar-refractivity contribution in [1.82, 2.24) is 25.1 Å². The summed E-state index contributed by atoms with van der Waals surface area (Å²) in [4.78, 5) is 12.2. The molecule has 1 fully saturated rings. The fraction of sp³-hybridized carbons (Fsp3) is 0.294. The number of nitrogen functional groups attached to an aromatic ring is 1. The molecule has 0 aliphatic heterocycles. The first kappa shape index (κ1) is 16.4. The van der Waals surface area contributed by atoms with Gasteiger partial charge in [-0.2, -0.15) is 10.1 Å². The molecule has 1 aliphatic carbocycles. The summed E-state index contributed by atoms with van der Waals surface area (Å²) in [6.07, 6.45) is 4.87. The number of rotatable bonds is 5. The molecule has 0 radical (unpaired) electrons. The molecular weight excluding hydrogens is 340 g/mol. The Labute approximate surface area is 148 Å². The first-order valence-electron chi connectivity index (χ1n) is 8.27. The van der Waals surface area contributed by atoms with E-state index in [1.165, 1.54) is 12.8 Å². The molecule has 3 aromatic rings. The molecule has 0 aromatic carbocycles. The van der Waals surface area contributed by atoms with E-state index in [4.69, 9.17) is 5.73 Å². The van der Waals surface area contributed by atoms with Gasteiger partial charge in [-0.25, -0.2) is 13.8 Å². The second-order valence-electron chi connectivity index (χ2n) is 6.36. The summed E-state index contributed by atoms with van der Waals surface area (Å²) >= 11 is 0. The lowest BCUT2D eigenvalue weighted by Gasteiger charge is -2.14. The van der Waals surface area contributed by atoms with Crippen LogP contribution in [0.15, 0.2) is 24.5 Å². The highest BCUT2D eigenvalue weighted by atomic mass is 19.1. The maximum Gasteiger partial charge on any atom is 0.225 e. The van der Waals surface area contributed by atoms with Crippen LogP contribution in [0.4, 0.5) is 20.5 Å². The summed E-state index contributed by atoms with van der Waals surface area (Å²) in [5, 5.41) is 10.2. The average molecular weight is 357 g/mol. The number of halogens is 2. The maximum atomic E-state index is 13.8. The van der Waals surface area contributed by atoms with Gasteiger partial charge in [-0.3, -0.25) is 10.1 Å². The normalized spacial score (nSPS) is 15.0. The zero-order valence-corrected chi connectivity index (χ0v) is 14.0. The predicted molar refractivity (Wildman–Crippen MR) is 92.2 cm³/mol. The Morgan fingerprint density at radius 1 is 1.23 bits per heavy atom. The number of anilines is 2. The van der Waals surface area contributed by atoms with Crippen molar-refractivity contribution in [2.75, 3.05) is 11.1 Å². The van der Waals surface area contributed by atoms with Gasteiger partial charge in [-0.05, 0) is 25.8 Å². The Kier molecular flexibility index (Phi) is 3.98. The van der Waals surface area contributed by atoms with Gasteiger partial charge in [-0.15, -0.1) is 0 Å². The summed E-state index contributed by atoms with van der Waals surface area (Å²) < 4.78 is 26.8. The first-order valence-corrected chi connectivity index (χ1v) is 8.27. The molecule has 7 nitrogen and oxygen atoms in total. The van der Waals surface area contributed by atoms with Crippen molar-refractivity contribution in [3.63, 3.8) is 0 Å². The Hall–Kier alpha value is -3.10. The van der Waals surface area contributed by atoms with Crippen molar-refractivity contribution in [3.05, 3.63) is 47.5 Å². The van der Waals surface area contributed by atoms with Gasteiger partial charge in [0.15, 0.2) is 0 Å². The van der Waals surface area contributed by atoms with Crippen molar-refractivity contribution >= 4 is 11.8 Å². The van der Waals surface area contributed by atoms with E-state index in [0.29, 0.717) is 17.2 Å². The predicted octanol–water partition coefficient (Wildman–Crippen LogP) is 3.17. The van der Waals surface area contributed by atoms with Crippen molar-refractivity contribution in [3.8, 4) is 11.3 Å². The number of aromatic nitrogens is 5. The molecular formula is C17H17F2N7. The number of nitrogens with one attached hydrogen (secondary N) is 2. The molecule has 0 spiro atoms. The number of hydrogen-bond acceptors (Lipinski definition) is 6. The van der Waals surface area contributed by atoms with E-state index in [0.717, 1.165) is 18.0 Å². The SMILES string of the molecule is CC(Nc1ncc(-c2cc(C3CC3)[nH]n2)c(N)n1)c1ncc(F)cc1F. The van der Waals surface area contributed by atoms with Gasteiger partial charge in [-0.1, -0.05) is 0 Å². The molecule has 1 saturated carbocycles. The number of nitrogens with two attached hydrogens (primary N) is 1. The largest absolute Gasteiger partial charge is 0.383 e. The highest BCUT2D eigenvalue weighted by Crippen LogP contribution is 2.40. The van der Waals surface area contributed by atoms with E-state index in [-0.39, 0.29) is 17.5 Å². The minimum Gasteiger partial charge on any atom is -0.383 e. The van der Waals surface area contributed by atoms with E-state index in [2.05, 4.69) is 30.5 Å². The molecule has 4 rings (SSSR count). The van der Waals surface area contributed by atoms with Gasteiger partial charge in [0, 0.05) is 23.9 Å². The molecule has 9 heteroatoms. The highest BCUT2D eigenvalue weighted by Gasteiger charge is 2.26. The van der Waals surface area contributed by atoms with E-state index in [9.17, 15) is 8.78 Å². The fourth-order valence-electron chi connectivity index (χ4n) is 2.75. The number of nitrogens with zero attached hydrogens (tertiary/aromatic N) is 4. The van der Waals surface area contributed by atoms with Gasteiger partial charge in [0.2, 0.25) is 5.95 Å². The molecule has 3 aromatic heterocycles.